The molecular formula is C21H30F3NO3S. The van der Waals surface area contributed by atoms with Gasteiger partial charge >= 0.3 is 6.18 Å². The maximum Gasteiger partial charge on any atom is 0.416 e. The predicted octanol–water partition coefficient (Wildman–Crippen LogP) is 4.26. The van der Waals surface area contributed by atoms with Gasteiger partial charge in [0.15, 0.2) is 9.84 Å². The quantitative estimate of drug-likeness (QED) is 0.697. The van der Waals surface area contributed by atoms with E-state index in [2.05, 4.69) is 0 Å². The number of likely N-dealkylation sites (tertiary alicyclic amines) is 1. The number of piperidine rings is 1. The molecule has 1 heterocycles. The SMILES string of the molecule is CCc1cc(CC(=O)N2CCC(CS(=O)(=O)C(C)(C)C)CC2)ccc1C(F)(F)F. The van der Waals surface area contributed by atoms with Crippen LogP contribution in [0, 0.1) is 5.92 Å². The van der Waals surface area contributed by atoms with E-state index < -0.39 is 26.3 Å². The highest BCUT2D eigenvalue weighted by Gasteiger charge is 2.34. The summed E-state index contributed by atoms with van der Waals surface area (Å²) in [6, 6.07) is 3.87. The lowest BCUT2D eigenvalue weighted by atomic mass is 9.97. The Bertz CT molecular complexity index is 834. The Balaban J connectivity index is 1.97. The molecule has 1 aromatic carbocycles. The summed E-state index contributed by atoms with van der Waals surface area (Å²) in [7, 11) is -3.20. The molecule has 4 nitrogen and oxygen atoms in total. The van der Waals surface area contributed by atoms with Crippen LogP contribution in [0.2, 0.25) is 0 Å². The van der Waals surface area contributed by atoms with Crippen molar-refractivity contribution in [2.45, 2.75) is 64.3 Å². The summed E-state index contributed by atoms with van der Waals surface area (Å²) in [5, 5.41) is 0. The molecule has 0 saturated carbocycles. The Morgan fingerprint density at radius 2 is 1.72 bits per heavy atom. The molecule has 0 bridgehead atoms. The molecule has 0 aromatic heterocycles. The second-order valence-electron chi connectivity index (χ2n) is 8.74. The van der Waals surface area contributed by atoms with Crippen molar-refractivity contribution in [3.05, 3.63) is 34.9 Å². The standard InChI is InChI=1S/C21H30F3NO3S/c1-5-17-12-16(6-7-18(17)21(22,23)24)13-19(26)25-10-8-15(9-11-25)14-29(27,28)20(2,3)4/h6-7,12,15H,5,8-11,13-14H2,1-4H3. The molecule has 0 N–H and O–H groups in total. The lowest BCUT2D eigenvalue weighted by Crippen LogP contribution is -2.42. The zero-order valence-electron chi connectivity index (χ0n) is 17.5. The molecule has 2 rings (SSSR count). The van der Waals surface area contributed by atoms with Crippen LogP contribution in [-0.4, -0.2) is 42.8 Å². The topological polar surface area (TPSA) is 54.5 Å². The molecule has 0 atom stereocenters. The number of sulfone groups is 1. The number of halogens is 3. The lowest BCUT2D eigenvalue weighted by Gasteiger charge is -2.33. The van der Waals surface area contributed by atoms with Gasteiger partial charge in [-0.15, -0.1) is 0 Å². The normalized spacial score (nSPS) is 16.9. The average Bonchev–Trinajstić information content (AvgIpc) is 2.60. The molecule has 164 valence electrons. The van der Waals surface area contributed by atoms with Crippen LogP contribution < -0.4 is 0 Å². The molecule has 1 aliphatic heterocycles. The Labute approximate surface area is 171 Å². The van der Waals surface area contributed by atoms with E-state index in [9.17, 15) is 26.4 Å². The molecule has 1 fully saturated rings. The van der Waals surface area contributed by atoms with Gasteiger partial charge in [-0.25, -0.2) is 8.42 Å². The summed E-state index contributed by atoms with van der Waals surface area (Å²) in [5.74, 6) is 0.0158. The van der Waals surface area contributed by atoms with Gasteiger partial charge in [-0.2, -0.15) is 13.2 Å². The second-order valence-corrected chi connectivity index (χ2v) is 11.5. The summed E-state index contributed by atoms with van der Waals surface area (Å²) in [6.07, 6.45) is -2.87. The van der Waals surface area contributed by atoms with Gasteiger partial charge in [0.25, 0.3) is 0 Å². The Morgan fingerprint density at radius 3 is 2.21 bits per heavy atom. The maximum absolute atomic E-state index is 13.0. The van der Waals surface area contributed by atoms with Crippen LogP contribution in [0.5, 0.6) is 0 Å². The van der Waals surface area contributed by atoms with E-state index in [1.807, 2.05) is 0 Å². The lowest BCUT2D eigenvalue weighted by molar-refractivity contribution is -0.138. The molecule has 29 heavy (non-hydrogen) atoms. The van der Waals surface area contributed by atoms with E-state index >= 15 is 0 Å². The first-order valence-electron chi connectivity index (χ1n) is 9.93. The fraction of sp³-hybridized carbons (Fsp3) is 0.667. The Morgan fingerprint density at radius 1 is 1.14 bits per heavy atom. The molecular weight excluding hydrogens is 403 g/mol. The van der Waals surface area contributed by atoms with Crippen molar-refractivity contribution in [2.24, 2.45) is 5.92 Å². The van der Waals surface area contributed by atoms with Crippen molar-refractivity contribution in [1.82, 2.24) is 4.90 Å². The molecule has 1 saturated heterocycles. The second kappa shape index (κ2) is 8.66. The Hall–Kier alpha value is -1.57. The van der Waals surface area contributed by atoms with Crippen LogP contribution in [0.15, 0.2) is 18.2 Å². The fourth-order valence-electron chi connectivity index (χ4n) is 3.52. The minimum Gasteiger partial charge on any atom is -0.342 e. The zero-order valence-corrected chi connectivity index (χ0v) is 18.3. The van der Waals surface area contributed by atoms with Gasteiger partial charge in [0, 0.05) is 13.1 Å². The predicted molar refractivity (Wildman–Crippen MR) is 107 cm³/mol. The summed E-state index contributed by atoms with van der Waals surface area (Å²) >= 11 is 0. The number of amides is 1. The highest BCUT2D eigenvalue weighted by molar-refractivity contribution is 7.92. The summed E-state index contributed by atoms with van der Waals surface area (Å²) in [6.45, 7) is 7.68. The summed E-state index contributed by atoms with van der Waals surface area (Å²) < 4.78 is 63.0. The number of aryl methyl sites for hydroxylation is 1. The molecule has 1 aromatic rings. The third-order valence-electron chi connectivity index (χ3n) is 5.57. The van der Waals surface area contributed by atoms with Crippen molar-refractivity contribution >= 4 is 15.7 Å². The van der Waals surface area contributed by atoms with Crippen LogP contribution in [0.4, 0.5) is 13.2 Å². The van der Waals surface area contributed by atoms with Gasteiger partial charge < -0.3 is 4.90 Å². The number of nitrogens with zero attached hydrogens (tertiary/aromatic N) is 1. The Kier molecular flexibility index (Phi) is 7.08. The molecule has 1 amide bonds. The number of rotatable bonds is 5. The first-order valence-corrected chi connectivity index (χ1v) is 11.6. The molecule has 0 aliphatic carbocycles. The third kappa shape index (κ3) is 5.96. The van der Waals surface area contributed by atoms with E-state index in [1.54, 1.807) is 32.6 Å². The number of carbonyl (C=O) groups is 1. The van der Waals surface area contributed by atoms with Crippen LogP contribution in [0.1, 0.15) is 57.2 Å². The zero-order chi connectivity index (χ0) is 22.0. The minimum atomic E-state index is -4.40. The number of alkyl halides is 3. The monoisotopic (exact) mass is 433 g/mol. The molecule has 8 heteroatoms. The smallest absolute Gasteiger partial charge is 0.342 e. The van der Waals surface area contributed by atoms with Crippen molar-refractivity contribution in [3.63, 3.8) is 0 Å². The van der Waals surface area contributed by atoms with Gasteiger partial charge in [-0.3, -0.25) is 4.79 Å². The van der Waals surface area contributed by atoms with E-state index in [-0.39, 0.29) is 36.0 Å². The minimum absolute atomic E-state index is 0.0287. The molecule has 1 aliphatic rings. The first kappa shape index (κ1) is 23.7. The summed E-state index contributed by atoms with van der Waals surface area (Å²) in [4.78, 5) is 14.3. The van der Waals surface area contributed by atoms with Crippen molar-refractivity contribution in [2.75, 3.05) is 18.8 Å². The largest absolute Gasteiger partial charge is 0.416 e. The van der Waals surface area contributed by atoms with E-state index in [0.29, 0.717) is 31.5 Å². The fourth-order valence-corrected chi connectivity index (χ4v) is 4.98. The number of carbonyl (C=O) groups excluding carboxylic acids is 1. The van der Waals surface area contributed by atoms with Gasteiger partial charge in [0.2, 0.25) is 5.91 Å². The van der Waals surface area contributed by atoms with E-state index in [4.69, 9.17) is 0 Å². The number of hydrogen-bond donors (Lipinski definition) is 0. The maximum atomic E-state index is 13.0. The number of hydrogen-bond acceptors (Lipinski definition) is 3. The van der Waals surface area contributed by atoms with Gasteiger partial charge in [-0.05, 0) is 63.1 Å². The highest BCUT2D eigenvalue weighted by atomic mass is 32.2. The molecule has 0 spiro atoms. The van der Waals surface area contributed by atoms with Crippen molar-refractivity contribution in [1.29, 1.82) is 0 Å². The molecule has 0 unspecified atom stereocenters. The summed E-state index contributed by atoms with van der Waals surface area (Å²) in [5.41, 5.74) is 0.100. The van der Waals surface area contributed by atoms with Gasteiger partial charge in [0.1, 0.15) is 0 Å². The van der Waals surface area contributed by atoms with Crippen LogP contribution in [0.3, 0.4) is 0 Å². The molecule has 0 radical (unpaired) electrons. The third-order valence-corrected chi connectivity index (χ3v) is 8.34. The average molecular weight is 434 g/mol. The van der Waals surface area contributed by atoms with Crippen LogP contribution >= 0.6 is 0 Å². The van der Waals surface area contributed by atoms with Crippen LogP contribution in [-0.2, 0) is 33.6 Å². The van der Waals surface area contributed by atoms with Crippen LogP contribution in [0.25, 0.3) is 0 Å². The first-order chi connectivity index (χ1) is 13.2. The number of benzene rings is 1. The van der Waals surface area contributed by atoms with Crippen molar-refractivity contribution in [3.8, 4) is 0 Å². The van der Waals surface area contributed by atoms with Gasteiger partial charge in [-0.1, -0.05) is 19.1 Å². The van der Waals surface area contributed by atoms with Crippen molar-refractivity contribution < 1.29 is 26.4 Å². The van der Waals surface area contributed by atoms with E-state index in [1.165, 1.54) is 12.1 Å². The highest BCUT2D eigenvalue weighted by Crippen LogP contribution is 2.33. The van der Waals surface area contributed by atoms with E-state index in [0.717, 1.165) is 6.07 Å². The van der Waals surface area contributed by atoms with Gasteiger partial charge in [0.05, 0.1) is 22.5 Å².